The SMILES string of the molecule is Cc1cc(N2CCN(C(C)/C(N)=N/O)CC2)ncn1. The van der Waals surface area contributed by atoms with Crippen LogP contribution in [0.4, 0.5) is 5.82 Å². The molecule has 0 bridgehead atoms. The Morgan fingerprint density at radius 3 is 2.63 bits per heavy atom. The molecule has 0 radical (unpaired) electrons. The molecule has 0 aromatic carbocycles. The van der Waals surface area contributed by atoms with Crippen molar-refractivity contribution in [3.8, 4) is 0 Å². The number of nitrogens with zero attached hydrogens (tertiary/aromatic N) is 5. The van der Waals surface area contributed by atoms with Gasteiger partial charge in [-0.3, -0.25) is 4.90 Å². The maximum atomic E-state index is 8.71. The fourth-order valence-electron chi connectivity index (χ4n) is 2.22. The molecular weight excluding hydrogens is 244 g/mol. The summed E-state index contributed by atoms with van der Waals surface area (Å²) in [5.41, 5.74) is 6.61. The molecule has 0 saturated carbocycles. The van der Waals surface area contributed by atoms with E-state index in [-0.39, 0.29) is 11.9 Å². The molecule has 1 aromatic rings. The molecule has 19 heavy (non-hydrogen) atoms. The van der Waals surface area contributed by atoms with E-state index in [1.54, 1.807) is 6.33 Å². The zero-order valence-corrected chi connectivity index (χ0v) is 11.3. The van der Waals surface area contributed by atoms with Gasteiger partial charge in [0.2, 0.25) is 0 Å². The van der Waals surface area contributed by atoms with E-state index in [2.05, 4.69) is 24.9 Å². The third-order valence-electron chi connectivity index (χ3n) is 3.52. The number of hydrogen-bond donors (Lipinski definition) is 2. The van der Waals surface area contributed by atoms with Crippen molar-refractivity contribution in [3.63, 3.8) is 0 Å². The van der Waals surface area contributed by atoms with Gasteiger partial charge < -0.3 is 15.8 Å². The van der Waals surface area contributed by atoms with Crippen molar-refractivity contribution in [2.24, 2.45) is 10.9 Å². The number of rotatable bonds is 3. The lowest BCUT2D eigenvalue weighted by molar-refractivity contribution is 0.230. The number of anilines is 1. The predicted molar refractivity (Wildman–Crippen MR) is 73.4 cm³/mol. The Morgan fingerprint density at radius 2 is 2.05 bits per heavy atom. The van der Waals surface area contributed by atoms with Gasteiger partial charge >= 0.3 is 0 Å². The third-order valence-corrected chi connectivity index (χ3v) is 3.52. The maximum Gasteiger partial charge on any atom is 0.156 e. The average molecular weight is 264 g/mol. The molecule has 1 aromatic heterocycles. The number of aryl methyl sites for hydroxylation is 1. The predicted octanol–water partition coefficient (Wildman–Crippen LogP) is 0.0419. The minimum Gasteiger partial charge on any atom is -0.409 e. The molecule has 1 aliphatic rings. The number of amidine groups is 1. The van der Waals surface area contributed by atoms with Gasteiger partial charge in [-0.1, -0.05) is 5.16 Å². The lowest BCUT2D eigenvalue weighted by Crippen LogP contribution is -2.53. The monoisotopic (exact) mass is 264 g/mol. The first-order valence-corrected chi connectivity index (χ1v) is 6.37. The van der Waals surface area contributed by atoms with Crippen LogP contribution < -0.4 is 10.6 Å². The van der Waals surface area contributed by atoms with Crippen molar-refractivity contribution < 1.29 is 5.21 Å². The Balaban J connectivity index is 1.96. The summed E-state index contributed by atoms with van der Waals surface area (Å²) in [6.45, 7) is 7.38. The highest BCUT2D eigenvalue weighted by Crippen LogP contribution is 2.14. The van der Waals surface area contributed by atoms with Crippen molar-refractivity contribution in [2.45, 2.75) is 19.9 Å². The molecule has 2 rings (SSSR count). The van der Waals surface area contributed by atoms with Crippen molar-refractivity contribution in [3.05, 3.63) is 18.1 Å². The summed E-state index contributed by atoms with van der Waals surface area (Å²) in [4.78, 5) is 12.8. The van der Waals surface area contributed by atoms with Gasteiger partial charge in [-0.05, 0) is 13.8 Å². The smallest absolute Gasteiger partial charge is 0.156 e. The van der Waals surface area contributed by atoms with Crippen LogP contribution in [0.2, 0.25) is 0 Å². The van der Waals surface area contributed by atoms with Crippen LogP contribution in [0.3, 0.4) is 0 Å². The van der Waals surface area contributed by atoms with Crippen LogP contribution >= 0.6 is 0 Å². The topological polar surface area (TPSA) is 90.9 Å². The maximum absolute atomic E-state index is 8.71. The summed E-state index contributed by atoms with van der Waals surface area (Å²) in [5, 5.41) is 11.8. The van der Waals surface area contributed by atoms with Crippen LogP contribution in [0.25, 0.3) is 0 Å². The molecule has 0 aliphatic carbocycles. The van der Waals surface area contributed by atoms with E-state index in [1.165, 1.54) is 0 Å². The first-order valence-electron chi connectivity index (χ1n) is 6.37. The van der Waals surface area contributed by atoms with Crippen LogP contribution in [0.15, 0.2) is 17.5 Å². The molecule has 104 valence electrons. The lowest BCUT2D eigenvalue weighted by atomic mass is 10.2. The van der Waals surface area contributed by atoms with E-state index in [0.717, 1.165) is 37.7 Å². The molecule has 2 heterocycles. The Kier molecular flexibility index (Phi) is 4.16. The minimum absolute atomic E-state index is 0.0423. The summed E-state index contributed by atoms with van der Waals surface area (Å²) in [5.74, 6) is 1.22. The summed E-state index contributed by atoms with van der Waals surface area (Å²) in [6, 6.07) is 1.95. The zero-order valence-electron chi connectivity index (χ0n) is 11.3. The number of piperazine rings is 1. The van der Waals surface area contributed by atoms with Crippen LogP contribution in [0.5, 0.6) is 0 Å². The highest BCUT2D eigenvalue weighted by Gasteiger charge is 2.24. The molecule has 1 aliphatic heterocycles. The molecule has 0 amide bonds. The number of hydrogen-bond acceptors (Lipinski definition) is 6. The second-order valence-corrected chi connectivity index (χ2v) is 4.74. The molecule has 7 heteroatoms. The standard InChI is InChI=1S/C12H20N6O/c1-9-7-11(15-8-14-9)18-5-3-17(4-6-18)10(2)12(13)16-19/h7-8,10,19H,3-6H2,1-2H3,(H2,13,16). The Morgan fingerprint density at radius 1 is 1.37 bits per heavy atom. The number of oxime groups is 1. The molecule has 0 spiro atoms. The van der Waals surface area contributed by atoms with Gasteiger partial charge in [0.25, 0.3) is 0 Å². The fourth-order valence-corrected chi connectivity index (χ4v) is 2.22. The van der Waals surface area contributed by atoms with Crippen LogP contribution in [-0.4, -0.2) is 58.1 Å². The van der Waals surface area contributed by atoms with Crippen LogP contribution in [0.1, 0.15) is 12.6 Å². The fraction of sp³-hybridized carbons (Fsp3) is 0.583. The molecule has 1 unspecified atom stereocenters. The number of nitrogens with two attached hydrogens (primary N) is 1. The van der Waals surface area contributed by atoms with Gasteiger partial charge in [0.15, 0.2) is 5.84 Å². The Labute approximate surface area is 112 Å². The number of aromatic nitrogens is 2. The minimum atomic E-state index is -0.0423. The largest absolute Gasteiger partial charge is 0.409 e. The molecule has 3 N–H and O–H groups in total. The highest BCUT2D eigenvalue weighted by molar-refractivity contribution is 5.84. The lowest BCUT2D eigenvalue weighted by Gasteiger charge is -2.38. The second kappa shape index (κ2) is 5.83. The first kappa shape index (κ1) is 13.5. The Bertz CT molecular complexity index is 455. The van der Waals surface area contributed by atoms with E-state index in [0.29, 0.717) is 0 Å². The van der Waals surface area contributed by atoms with Gasteiger partial charge in [0, 0.05) is 37.9 Å². The van der Waals surface area contributed by atoms with Crippen molar-refractivity contribution >= 4 is 11.7 Å². The summed E-state index contributed by atoms with van der Waals surface area (Å²) < 4.78 is 0. The van der Waals surface area contributed by atoms with E-state index in [4.69, 9.17) is 10.9 Å². The van der Waals surface area contributed by atoms with Gasteiger partial charge in [0.05, 0.1) is 6.04 Å². The molecule has 1 fully saturated rings. The second-order valence-electron chi connectivity index (χ2n) is 4.74. The Hall–Kier alpha value is -1.89. The average Bonchev–Trinajstić information content (AvgIpc) is 2.46. The first-order chi connectivity index (χ1) is 9.11. The van der Waals surface area contributed by atoms with Gasteiger partial charge in [-0.2, -0.15) is 0 Å². The van der Waals surface area contributed by atoms with E-state index in [9.17, 15) is 0 Å². The quantitative estimate of drug-likeness (QED) is 0.347. The van der Waals surface area contributed by atoms with Crippen molar-refractivity contribution in [1.29, 1.82) is 0 Å². The van der Waals surface area contributed by atoms with Gasteiger partial charge in [0.1, 0.15) is 12.1 Å². The molecule has 1 atom stereocenters. The van der Waals surface area contributed by atoms with Crippen molar-refractivity contribution in [1.82, 2.24) is 14.9 Å². The third kappa shape index (κ3) is 3.11. The molecular formula is C12H20N6O. The van der Waals surface area contributed by atoms with Gasteiger partial charge in [-0.15, -0.1) is 0 Å². The highest BCUT2D eigenvalue weighted by atomic mass is 16.4. The summed E-state index contributed by atoms with van der Waals surface area (Å²) >= 11 is 0. The van der Waals surface area contributed by atoms with Crippen LogP contribution in [0, 0.1) is 6.92 Å². The van der Waals surface area contributed by atoms with Gasteiger partial charge in [-0.25, -0.2) is 9.97 Å². The molecule has 1 saturated heterocycles. The summed E-state index contributed by atoms with van der Waals surface area (Å²) in [7, 11) is 0. The normalized spacial score (nSPS) is 19.5. The van der Waals surface area contributed by atoms with E-state index < -0.39 is 0 Å². The van der Waals surface area contributed by atoms with E-state index in [1.807, 2.05) is 19.9 Å². The molecule has 7 nitrogen and oxygen atoms in total. The van der Waals surface area contributed by atoms with Crippen LogP contribution in [-0.2, 0) is 0 Å². The summed E-state index contributed by atoms with van der Waals surface area (Å²) in [6.07, 6.45) is 1.59. The van der Waals surface area contributed by atoms with Crippen molar-refractivity contribution in [2.75, 3.05) is 31.1 Å². The van der Waals surface area contributed by atoms with E-state index >= 15 is 0 Å². The zero-order chi connectivity index (χ0) is 13.8.